The SMILES string of the molecule is N#Cc1c(F)cccc1Oc1ccc(Cl)cc1. The van der Waals surface area contributed by atoms with Crippen molar-refractivity contribution in [2.45, 2.75) is 0 Å². The van der Waals surface area contributed by atoms with Crippen LogP contribution in [0.15, 0.2) is 42.5 Å². The van der Waals surface area contributed by atoms with Crippen molar-refractivity contribution in [3.8, 4) is 17.6 Å². The second-order valence-corrected chi connectivity index (χ2v) is 3.72. The average Bonchev–Trinajstić information content (AvgIpc) is 2.32. The fourth-order valence-electron chi connectivity index (χ4n) is 1.33. The van der Waals surface area contributed by atoms with Crippen molar-refractivity contribution < 1.29 is 9.13 Å². The van der Waals surface area contributed by atoms with E-state index in [4.69, 9.17) is 21.6 Å². The lowest BCUT2D eigenvalue weighted by molar-refractivity contribution is 0.474. The molecule has 0 saturated heterocycles. The van der Waals surface area contributed by atoms with Gasteiger partial charge in [-0.2, -0.15) is 5.26 Å². The van der Waals surface area contributed by atoms with Crippen LogP contribution < -0.4 is 4.74 Å². The molecule has 2 rings (SSSR count). The topological polar surface area (TPSA) is 33.0 Å². The smallest absolute Gasteiger partial charge is 0.148 e. The number of nitrogens with zero attached hydrogens (tertiary/aromatic N) is 1. The van der Waals surface area contributed by atoms with Crippen LogP contribution in [-0.2, 0) is 0 Å². The molecule has 0 unspecified atom stereocenters. The molecule has 0 radical (unpaired) electrons. The number of halogens is 2. The summed E-state index contributed by atoms with van der Waals surface area (Å²) in [7, 11) is 0. The Hall–Kier alpha value is -2.05. The van der Waals surface area contributed by atoms with E-state index in [-0.39, 0.29) is 11.3 Å². The molecule has 0 spiro atoms. The van der Waals surface area contributed by atoms with Crippen LogP contribution in [-0.4, -0.2) is 0 Å². The first-order chi connectivity index (χ1) is 8.20. The van der Waals surface area contributed by atoms with Gasteiger partial charge in [-0.15, -0.1) is 0 Å². The first-order valence-electron chi connectivity index (χ1n) is 4.83. The van der Waals surface area contributed by atoms with Crippen molar-refractivity contribution in [3.05, 3.63) is 58.9 Å². The van der Waals surface area contributed by atoms with E-state index in [1.165, 1.54) is 18.2 Å². The highest BCUT2D eigenvalue weighted by atomic mass is 35.5. The molecule has 0 heterocycles. The Morgan fingerprint density at radius 3 is 2.47 bits per heavy atom. The summed E-state index contributed by atoms with van der Waals surface area (Å²) in [5.41, 5.74) is -0.109. The second-order valence-electron chi connectivity index (χ2n) is 3.28. The lowest BCUT2D eigenvalue weighted by Crippen LogP contribution is -1.91. The van der Waals surface area contributed by atoms with Gasteiger partial charge in [-0.05, 0) is 36.4 Å². The standard InChI is InChI=1S/C13H7ClFNO/c14-9-4-6-10(7-5-9)17-13-3-1-2-12(15)11(13)8-16/h1-7H. The summed E-state index contributed by atoms with van der Waals surface area (Å²) >= 11 is 5.73. The summed E-state index contributed by atoms with van der Waals surface area (Å²) in [4.78, 5) is 0. The molecule has 0 fully saturated rings. The van der Waals surface area contributed by atoms with Crippen LogP contribution in [0.3, 0.4) is 0 Å². The van der Waals surface area contributed by atoms with Crippen molar-refractivity contribution in [2.24, 2.45) is 0 Å². The fourth-order valence-corrected chi connectivity index (χ4v) is 1.45. The van der Waals surface area contributed by atoms with E-state index in [1.807, 2.05) is 0 Å². The number of hydrogen-bond donors (Lipinski definition) is 0. The Kier molecular flexibility index (Phi) is 3.27. The third-order valence-corrected chi connectivity index (χ3v) is 2.38. The van der Waals surface area contributed by atoms with Crippen LogP contribution in [0.4, 0.5) is 4.39 Å². The minimum atomic E-state index is -0.598. The maximum Gasteiger partial charge on any atom is 0.148 e. The van der Waals surface area contributed by atoms with Crippen LogP contribution in [0, 0.1) is 17.1 Å². The quantitative estimate of drug-likeness (QED) is 0.799. The third kappa shape index (κ3) is 2.55. The highest BCUT2D eigenvalue weighted by molar-refractivity contribution is 6.30. The maximum atomic E-state index is 13.3. The number of benzene rings is 2. The minimum Gasteiger partial charge on any atom is -0.456 e. The van der Waals surface area contributed by atoms with Gasteiger partial charge in [0.15, 0.2) is 0 Å². The molecule has 0 aliphatic carbocycles. The predicted octanol–water partition coefficient (Wildman–Crippen LogP) is 4.14. The third-order valence-electron chi connectivity index (χ3n) is 2.13. The van der Waals surface area contributed by atoms with Gasteiger partial charge in [0.25, 0.3) is 0 Å². The number of hydrogen-bond acceptors (Lipinski definition) is 2. The maximum absolute atomic E-state index is 13.3. The van der Waals surface area contributed by atoms with E-state index in [1.54, 1.807) is 30.3 Å². The van der Waals surface area contributed by atoms with Crippen molar-refractivity contribution in [3.63, 3.8) is 0 Å². The highest BCUT2D eigenvalue weighted by Crippen LogP contribution is 2.27. The molecule has 0 bridgehead atoms. The molecule has 2 nitrogen and oxygen atoms in total. The molecule has 2 aromatic rings. The van der Waals surface area contributed by atoms with Gasteiger partial charge in [0.1, 0.15) is 28.9 Å². The van der Waals surface area contributed by atoms with Gasteiger partial charge in [-0.25, -0.2) is 4.39 Å². The number of rotatable bonds is 2. The molecule has 0 aromatic heterocycles. The molecule has 0 aliphatic heterocycles. The normalized spacial score (nSPS) is 9.71. The molecule has 0 atom stereocenters. The van der Waals surface area contributed by atoms with E-state index in [9.17, 15) is 4.39 Å². The Morgan fingerprint density at radius 1 is 1.12 bits per heavy atom. The van der Waals surface area contributed by atoms with Crippen LogP contribution >= 0.6 is 11.6 Å². The average molecular weight is 248 g/mol. The van der Waals surface area contributed by atoms with E-state index in [0.29, 0.717) is 10.8 Å². The second kappa shape index (κ2) is 4.86. The highest BCUT2D eigenvalue weighted by Gasteiger charge is 2.09. The van der Waals surface area contributed by atoms with Crippen molar-refractivity contribution in [1.82, 2.24) is 0 Å². The molecule has 84 valence electrons. The van der Waals surface area contributed by atoms with Crippen molar-refractivity contribution in [2.75, 3.05) is 0 Å². The van der Waals surface area contributed by atoms with E-state index in [0.717, 1.165) is 0 Å². The first-order valence-corrected chi connectivity index (χ1v) is 5.20. The lowest BCUT2D eigenvalue weighted by atomic mass is 10.2. The Bertz CT molecular complexity index is 575. The molecule has 4 heteroatoms. The van der Waals surface area contributed by atoms with E-state index < -0.39 is 5.82 Å². The van der Waals surface area contributed by atoms with Gasteiger partial charge in [0.05, 0.1) is 0 Å². The van der Waals surface area contributed by atoms with Gasteiger partial charge in [0, 0.05) is 5.02 Å². The van der Waals surface area contributed by atoms with Gasteiger partial charge in [-0.1, -0.05) is 17.7 Å². The summed E-state index contributed by atoms with van der Waals surface area (Å²) in [6, 6.07) is 12.6. The van der Waals surface area contributed by atoms with Crippen LogP contribution in [0.1, 0.15) is 5.56 Å². The monoisotopic (exact) mass is 247 g/mol. The summed E-state index contributed by atoms with van der Waals surface area (Å²) in [5, 5.41) is 9.41. The summed E-state index contributed by atoms with van der Waals surface area (Å²) < 4.78 is 18.7. The fraction of sp³-hybridized carbons (Fsp3) is 0. The number of nitriles is 1. The molecular weight excluding hydrogens is 241 g/mol. The van der Waals surface area contributed by atoms with Gasteiger partial charge >= 0.3 is 0 Å². The Balaban J connectivity index is 2.34. The van der Waals surface area contributed by atoms with E-state index in [2.05, 4.69) is 0 Å². The van der Waals surface area contributed by atoms with Crippen LogP contribution in [0.2, 0.25) is 5.02 Å². The summed E-state index contributed by atoms with van der Waals surface area (Å²) in [6.45, 7) is 0. The van der Waals surface area contributed by atoms with Gasteiger partial charge in [-0.3, -0.25) is 0 Å². The molecule has 0 N–H and O–H groups in total. The first kappa shape index (κ1) is 11.4. The van der Waals surface area contributed by atoms with Crippen LogP contribution in [0.5, 0.6) is 11.5 Å². The summed E-state index contributed by atoms with van der Waals surface area (Å²) in [6.07, 6.45) is 0. The predicted molar refractivity (Wildman–Crippen MR) is 62.6 cm³/mol. The van der Waals surface area contributed by atoms with Crippen LogP contribution in [0.25, 0.3) is 0 Å². The molecular formula is C13H7ClFNO. The zero-order valence-electron chi connectivity index (χ0n) is 8.65. The lowest BCUT2D eigenvalue weighted by Gasteiger charge is -2.07. The Labute approximate surface area is 103 Å². The van der Waals surface area contributed by atoms with Gasteiger partial charge < -0.3 is 4.74 Å². The zero-order chi connectivity index (χ0) is 12.3. The molecule has 0 saturated carbocycles. The molecule has 0 amide bonds. The van der Waals surface area contributed by atoms with Gasteiger partial charge in [0.2, 0.25) is 0 Å². The zero-order valence-corrected chi connectivity index (χ0v) is 9.41. The van der Waals surface area contributed by atoms with Crippen molar-refractivity contribution in [1.29, 1.82) is 5.26 Å². The number of ether oxygens (including phenoxy) is 1. The largest absolute Gasteiger partial charge is 0.456 e. The van der Waals surface area contributed by atoms with Crippen molar-refractivity contribution >= 4 is 11.6 Å². The molecule has 17 heavy (non-hydrogen) atoms. The van der Waals surface area contributed by atoms with E-state index >= 15 is 0 Å². The Morgan fingerprint density at radius 2 is 1.82 bits per heavy atom. The molecule has 0 aliphatic rings. The molecule has 2 aromatic carbocycles. The minimum absolute atomic E-state index is 0.109. The summed E-state index contributed by atoms with van der Waals surface area (Å²) in [5.74, 6) is 0.0882.